The van der Waals surface area contributed by atoms with Crippen LogP contribution in [0.25, 0.3) is 10.9 Å². The number of nitrogens with one attached hydrogen (secondary N) is 2. The molecular formula is C14H16N2O3. The summed E-state index contributed by atoms with van der Waals surface area (Å²) in [5, 5.41) is 12.1. The van der Waals surface area contributed by atoms with Gasteiger partial charge in [0.05, 0.1) is 12.8 Å². The molecule has 2 aromatic rings. The molecule has 0 aliphatic heterocycles. The quantitative estimate of drug-likeness (QED) is 0.763. The molecular weight excluding hydrogens is 244 g/mol. The minimum absolute atomic E-state index is 0.0567. The maximum Gasteiger partial charge on any atom is 0.305 e. The minimum atomic E-state index is -0.914. The van der Waals surface area contributed by atoms with Crippen LogP contribution in [0.3, 0.4) is 0 Å². The van der Waals surface area contributed by atoms with Crippen LogP contribution in [0.15, 0.2) is 24.4 Å². The summed E-state index contributed by atoms with van der Waals surface area (Å²) in [5.74, 6) is -1.08. The van der Waals surface area contributed by atoms with Gasteiger partial charge in [-0.25, -0.2) is 0 Å². The number of carboxylic acids is 1. The number of carboxylic acid groups (broad SMARTS) is 1. The fourth-order valence-corrected chi connectivity index (χ4v) is 1.99. The highest BCUT2D eigenvalue weighted by atomic mass is 16.4. The van der Waals surface area contributed by atoms with Gasteiger partial charge < -0.3 is 15.4 Å². The standard InChI is InChI=1S/C14H16N2O3/c1-9-2-3-11-10(8-16-12(11)6-9)7-13(17)15-5-4-14(18)19/h2-3,6,8,16H,4-5,7H2,1H3,(H,15,17)(H,18,19). The van der Waals surface area contributed by atoms with Crippen molar-refractivity contribution in [2.75, 3.05) is 6.54 Å². The van der Waals surface area contributed by atoms with Gasteiger partial charge in [0.2, 0.25) is 5.91 Å². The Hall–Kier alpha value is -2.30. The van der Waals surface area contributed by atoms with Crippen molar-refractivity contribution in [2.45, 2.75) is 19.8 Å². The monoisotopic (exact) mass is 260 g/mol. The van der Waals surface area contributed by atoms with Crippen LogP contribution in [0.1, 0.15) is 17.5 Å². The van der Waals surface area contributed by atoms with E-state index in [0.717, 1.165) is 22.0 Å². The summed E-state index contributed by atoms with van der Waals surface area (Å²) in [7, 11) is 0. The van der Waals surface area contributed by atoms with E-state index >= 15 is 0 Å². The molecule has 0 bridgehead atoms. The van der Waals surface area contributed by atoms with Crippen molar-refractivity contribution in [3.8, 4) is 0 Å². The number of carbonyl (C=O) groups excluding carboxylic acids is 1. The second-order valence-corrected chi connectivity index (χ2v) is 4.53. The van der Waals surface area contributed by atoms with Crippen LogP contribution in [0.5, 0.6) is 0 Å². The second-order valence-electron chi connectivity index (χ2n) is 4.53. The van der Waals surface area contributed by atoms with E-state index in [0.29, 0.717) is 0 Å². The fourth-order valence-electron chi connectivity index (χ4n) is 1.99. The molecule has 0 radical (unpaired) electrons. The van der Waals surface area contributed by atoms with Crippen molar-refractivity contribution < 1.29 is 14.7 Å². The zero-order valence-corrected chi connectivity index (χ0v) is 10.7. The van der Waals surface area contributed by atoms with E-state index in [1.807, 2.05) is 31.3 Å². The highest BCUT2D eigenvalue weighted by Gasteiger charge is 2.09. The molecule has 5 heteroatoms. The Morgan fingerprint density at radius 2 is 2.16 bits per heavy atom. The average molecular weight is 260 g/mol. The number of benzene rings is 1. The number of amides is 1. The van der Waals surface area contributed by atoms with Crippen molar-refractivity contribution in [1.82, 2.24) is 10.3 Å². The zero-order valence-electron chi connectivity index (χ0n) is 10.7. The molecule has 5 nitrogen and oxygen atoms in total. The van der Waals surface area contributed by atoms with E-state index in [1.54, 1.807) is 0 Å². The van der Waals surface area contributed by atoms with Gasteiger partial charge in [-0.3, -0.25) is 9.59 Å². The van der Waals surface area contributed by atoms with E-state index in [2.05, 4.69) is 10.3 Å². The number of rotatable bonds is 5. The summed E-state index contributed by atoms with van der Waals surface area (Å²) >= 11 is 0. The van der Waals surface area contributed by atoms with Crippen LogP contribution in [-0.4, -0.2) is 28.5 Å². The number of hydrogen-bond donors (Lipinski definition) is 3. The van der Waals surface area contributed by atoms with Gasteiger partial charge in [0, 0.05) is 23.6 Å². The lowest BCUT2D eigenvalue weighted by molar-refractivity contribution is -0.136. The van der Waals surface area contributed by atoms with Crippen molar-refractivity contribution in [1.29, 1.82) is 0 Å². The smallest absolute Gasteiger partial charge is 0.305 e. The Morgan fingerprint density at radius 3 is 2.89 bits per heavy atom. The summed E-state index contributed by atoms with van der Waals surface area (Å²) in [6.07, 6.45) is 2.02. The van der Waals surface area contributed by atoms with Crippen molar-refractivity contribution >= 4 is 22.8 Å². The first-order valence-corrected chi connectivity index (χ1v) is 6.11. The number of aryl methyl sites for hydroxylation is 1. The lowest BCUT2D eigenvalue weighted by atomic mass is 10.1. The SMILES string of the molecule is Cc1ccc2c(CC(=O)NCCC(=O)O)c[nH]c2c1. The van der Waals surface area contributed by atoms with Gasteiger partial charge in [-0.2, -0.15) is 0 Å². The summed E-state index contributed by atoms with van der Waals surface area (Å²) in [5.41, 5.74) is 3.09. The molecule has 0 spiro atoms. The van der Waals surface area contributed by atoms with Crippen molar-refractivity contribution in [3.05, 3.63) is 35.5 Å². The van der Waals surface area contributed by atoms with Crippen LogP contribution in [-0.2, 0) is 16.0 Å². The predicted octanol–water partition coefficient (Wildman–Crippen LogP) is 1.61. The Kier molecular flexibility index (Phi) is 3.85. The molecule has 0 unspecified atom stereocenters. The highest BCUT2D eigenvalue weighted by molar-refractivity contribution is 5.89. The lowest BCUT2D eigenvalue weighted by Gasteiger charge is -2.03. The molecule has 0 aliphatic carbocycles. The number of hydrogen-bond acceptors (Lipinski definition) is 2. The zero-order chi connectivity index (χ0) is 13.8. The Labute approximate surface area is 110 Å². The van der Waals surface area contributed by atoms with Gasteiger partial charge in [0.15, 0.2) is 0 Å². The molecule has 100 valence electrons. The van der Waals surface area contributed by atoms with Crippen LogP contribution in [0.4, 0.5) is 0 Å². The summed E-state index contributed by atoms with van der Waals surface area (Å²) in [6.45, 7) is 2.17. The van der Waals surface area contributed by atoms with Gasteiger partial charge in [-0.1, -0.05) is 12.1 Å². The number of aromatic amines is 1. The molecule has 19 heavy (non-hydrogen) atoms. The molecule has 0 aliphatic rings. The first kappa shape index (κ1) is 13.1. The molecule has 3 N–H and O–H groups in total. The van der Waals surface area contributed by atoms with Crippen molar-refractivity contribution in [3.63, 3.8) is 0 Å². The lowest BCUT2D eigenvalue weighted by Crippen LogP contribution is -2.27. The maximum atomic E-state index is 11.7. The molecule has 1 aromatic heterocycles. The largest absolute Gasteiger partial charge is 0.481 e. The predicted molar refractivity (Wildman–Crippen MR) is 72.0 cm³/mol. The molecule has 1 amide bonds. The summed E-state index contributed by atoms with van der Waals surface area (Å²) in [4.78, 5) is 25.2. The van der Waals surface area contributed by atoms with Gasteiger partial charge >= 0.3 is 5.97 Å². The number of carbonyl (C=O) groups is 2. The van der Waals surface area contributed by atoms with Crippen LogP contribution in [0.2, 0.25) is 0 Å². The Balaban J connectivity index is 2.01. The first-order valence-electron chi connectivity index (χ1n) is 6.11. The molecule has 0 fully saturated rings. The normalized spacial score (nSPS) is 10.6. The molecule has 2 rings (SSSR count). The average Bonchev–Trinajstić information content (AvgIpc) is 2.71. The summed E-state index contributed by atoms with van der Waals surface area (Å²) in [6, 6.07) is 6.02. The van der Waals surface area contributed by atoms with Gasteiger partial charge in [0.1, 0.15) is 0 Å². The minimum Gasteiger partial charge on any atom is -0.481 e. The molecule has 1 aromatic carbocycles. The molecule has 0 atom stereocenters. The second kappa shape index (κ2) is 5.56. The fraction of sp³-hybridized carbons (Fsp3) is 0.286. The summed E-state index contributed by atoms with van der Waals surface area (Å²) < 4.78 is 0. The third kappa shape index (κ3) is 3.34. The number of H-pyrrole nitrogens is 1. The van der Waals surface area contributed by atoms with E-state index in [1.165, 1.54) is 0 Å². The maximum absolute atomic E-state index is 11.7. The van der Waals surface area contributed by atoms with E-state index in [9.17, 15) is 9.59 Å². The Bertz CT molecular complexity index is 616. The first-order chi connectivity index (χ1) is 9.06. The molecule has 0 saturated heterocycles. The van der Waals surface area contributed by atoms with E-state index in [-0.39, 0.29) is 25.3 Å². The third-order valence-corrected chi connectivity index (χ3v) is 2.93. The highest BCUT2D eigenvalue weighted by Crippen LogP contribution is 2.19. The number of fused-ring (bicyclic) bond motifs is 1. The molecule has 0 saturated carbocycles. The van der Waals surface area contributed by atoms with Gasteiger partial charge in [0.25, 0.3) is 0 Å². The van der Waals surface area contributed by atoms with Gasteiger partial charge in [-0.15, -0.1) is 0 Å². The van der Waals surface area contributed by atoms with Gasteiger partial charge in [-0.05, 0) is 24.1 Å². The van der Waals surface area contributed by atoms with Crippen LogP contribution in [0, 0.1) is 6.92 Å². The third-order valence-electron chi connectivity index (χ3n) is 2.93. The van der Waals surface area contributed by atoms with Crippen molar-refractivity contribution in [2.24, 2.45) is 0 Å². The molecule has 1 heterocycles. The van der Waals surface area contributed by atoms with E-state index in [4.69, 9.17) is 5.11 Å². The van der Waals surface area contributed by atoms with E-state index < -0.39 is 5.97 Å². The van der Waals surface area contributed by atoms with Crippen LogP contribution >= 0.6 is 0 Å². The number of aromatic nitrogens is 1. The topological polar surface area (TPSA) is 82.2 Å². The number of aliphatic carboxylic acids is 1. The Morgan fingerprint density at radius 1 is 1.37 bits per heavy atom. The van der Waals surface area contributed by atoms with Crippen LogP contribution < -0.4 is 5.32 Å².